The van der Waals surface area contributed by atoms with E-state index in [-0.39, 0.29) is 13.2 Å². The summed E-state index contributed by atoms with van der Waals surface area (Å²) >= 11 is 0. The number of hydrogen-bond donors (Lipinski definition) is 3. The van der Waals surface area contributed by atoms with E-state index in [1.165, 1.54) is 7.11 Å². The second kappa shape index (κ2) is 17.0. The molecule has 46 valence electrons. The van der Waals surface area contributed by atoms with Crippen molar-refractivity contribution in [2.24, 2.45) is 0 Å². The smallest absolute Gasteiger partial charge is 0.0710 e. The van der Waals surface area contributed by atoms with E-state index in [0.29, 0.717) is 0 Å². The van der Waals surface area contributed by atoms with Gasteiger partial charge in [0, 0.05) is 0 Å². The predicted molar refractivity (Wildman–Crippen MR) is 23.8 cm³/mol. The van der Waals surface area contributed by atoms with E-state index in [1.54, 1.807) is 0 Å². The Bertz CT molecular complexity index is 14.4. The Morgan fingerprint density at radius 1 is 1.29 bits per heavy atom. The van der Waals surface area contributed by atoms with Gasteiger partial charge in [0.2, 0.25) is 0 Å². The van der Waals surface area contributed by atoms with Crippen molar-refractivity contribution < 1.29 is 20.4 Å². The van der Waals surface area contributed by atoms with E-state index in [0.717, 1.165) is 0 Å². The van der Waals surface area contributed by atoms with Gasteiger partial charge >= 0.3 is 0 Å². The maximum Gasteiger partial charge on any atom is 0.0710 e. The number of rotatable bonds is 1. The normalized spacial score (nSPS) is 6.86. The van der Waals surface area contributed by atoms with Gasteiger partial charge in [0.15, 0.2) is 0 Å². The molecule has 0 atom stereocenters. The Balaban J connectivity index is 0. The fraction of sp³-hybridized carbons (Fsp3) is 1.00. The second-order valence-electron chi connectivity index (χ2n) is 0.630. The molecule has 0 aliphatic carbocycles. The van der Waals surface area contributed by atoms with Gasteiger partial charge in [0.05, 0.1) is 20.3 Å². The summed E-state index contributed by atoms with van der Waals surface area (Å²) in [6.07, 6.45) is 0. The van der Waals surface area contributed by atoms with Gasteiger partial charge in [-0.3, -0.25) is 5.26 Å². The van der Waals surface area contributed by atoms with Crippen LogP contribution < -0.4 is 0 Å². The predicted octanol–water partition coefficient (Wildman–Crippen LogP) is -0.923. The van der Waals surface area contributed by atoms with E-state index in [4.69, 9.17) is 15.5 Å². The largest absolute Gasteiger partial charge is 0.394 e. The average molecular weight is 110 g/mol. The van der Waals surface area contributed by atoms with Crippen molar-refractivity contribution in [1.29, 1.82) is 0 Å². The van der Waals surface area contributed by atoms with Crippen molar-refractivity contribution in [3.8, 4) is 0 Å². The standard InChI is InChI=1S/C2H6O2.CH4O2/c3-1-2-4;1-3-2/h3-4H,1-2H2;2H,1H3. The highest BCUT2D eigenvalue weighted by Gasteiger charge is 1.58. The fourth-order valence-electron chi connectivity index (χ4n) is 0. The van der Waals surface area contributed by atoms with Crippen LogP contribution in [0.2, 0.25) is 0 Å². The molecule has 0 aromatic carbocycles. The van der Waals surface area contributed by atoms with E-state index in [2.05, 4.69) is 4.89 Å². The van der Waals surface area contributed by atoms with Gasteiger partial charge in [-0.15, -0.1) is 0 Å². The lowest BCUT2D eigenvalue weighted by atomic mass is 10.8. The number of hydrogen-bond acceptors (Lipinski definition) is 4. The highest BCUT2D eigenvalue weighted by molar-refractivity contribution is 4.06. The van der Waals surface area contributed by atoms with Crippen molar-refractivity contribution in [3.63, 3.8) is 0 Å². The lowest BCUT2D eigenvalue weighted by Crippen LogP contribution is -1.85. The molecule has 0 heterocycles. The van der Waals surface area contributed by atoms with Crippen molar-refractivity contribution in [1.82, 2.24) is 0 Å². The van der Waals surface area contributed by atoms with E-state index in [9.17, 15) is 0 Å². The van der Waals surface area contributed by atoms with Crippen LogP contribution in [-0.4, -0.2) is 35.8 Å². The molecule has 0 spiro atoms. The molecule has 0 saturated heterocycles. The Kier molecular flexibility index (Phi) is 24.1. The summed E-state index contributed by atoms with van der Waals surface area (Å²) in [6, 6.07) is 0. The van der Waals surface area contributed by atoms with Crippen LogP contribution in [0.4, 0.5) is 0 Å². The molecule has 7 heavy (non-hydrogen) atoms. The molecule has 0 bridgehead atoms. The number of aliphatic hydroxyl groups excluding tert-OH is 2. The van der Waals surface area contributed by atoms with Gasteiger partial charge in [-0.05, 0) is 0 Å². The monoisotopic (exact) mass is 110 g/mol. The third kappa shape index (κ3) is 122. The Hall–Kier alpha value is -0.160. The van der Waals surface area contributed by atoms with Crippen LogP contribution >= 0.6 is 0 Å². The van der Waals surface area contributed by atoms with Gasteiger partial charge in [0.25, 0.3) is 0 Å². The van der Waals surface area contributed by atoms with Crippen LogP contribution in [0.25, 0.3) is 0 Å². The summed E-state index contributed by atoms with van der Waals surface area (Å²) in [5.74, 6) is 0. The van der Waals surface area contributed by atoms with Crippen LogP contribution in [0, 0.1) is 0 Å². The zero-order chi connectivity index (χ0) is 6.12. The molecule has 0 aromatic heterocycles. The molecule has 3 N–H and O–H groups in total. The summed E-state index contributed by atoms with van der Waals surface area (Å²) < 4.78 is 0. The zero-order valence-electron chi connectivity index (χ0n) is 4.16. The molecule has 0 fully saturated rings. The highest BCUT2D eigenvalue weighted by atomic mass is 17.1. The van der Waals surface area contributed by atoms with Gasteiger partial charge in [0.1, 0.15) is 0 Å². The minimum Gasteiger partial charge on any atom is -0.394 e. The molecule has 0 unspecified atom stereocenters. The van der Waals surface area contributed by atoms with Crippen molar-refractivity contribution >= 4 is 0 Å². The Morgan fingerprint density at radius 3 is 1.43 bits per heavy atom. The Labute approximate surface area is 41.9 Å². The Morgan fingerprint density at radius 2 is 1.43 bits per heavy atom. The van der Waals surface area contributed by atoms with Crippen LogP contribution in [0.5, 0.6) is 0 Å². The van der Waals surface area contributed by atoms with Gasteiger partial charge < -0.3 is 10.2 Å². The maximum atomic E-state index is 7.62. The summed E-state index contributed by atoms with van der Waals surface area (Å²) in [5.41, 5.74) is 0. The molecular weight excluding hydrogens is 100 g/mol. The summed E-state index contributed by atoms with van der Waals surface area (Å²) in [6.45, 7) is -0.250. The molecular formula is C3H10O4. The van der Waals surface area contributed by atoms with Crippen molar-refractivity contribution in [3.05, 3.63) is 0 Å². The van der Waals surface area contributed by atoms with Crippen LogP contribution in [-0.2, 0) is 4.89 Å². The molecule has 0 aliphatic heterocycles. The van der Waals surface area contributed by atoms with Crippen LogP contribution in [0.3, 0.4) is 0 Å². The van der Waals surface area contributed by atoms with Gasteiger partial charge in [-0.2, -0.15) is 0 Å². The SMILES string of the molecule is COO.OCCO. The summed E-state index contributed by atoms with van der Waals surface area (Å²) in [5, 5.41) is 22.3. The molecule has 0 rings (SSSR count). The molecule has 0 aliphatic rings. The second-order valence-corrected chi connectivity index (χ2v) is 0.630. The lowest BCUT2D eigenvalue weighted by Gasteiger charge is -1.70. The molecule has 4 heteroatoms. The minimum absolute atomic E-state index is 0.125. The van der Waals surface area contributed by atoms with E-state index >= 15 is 0 Å². The minimum atomic E-state index is -0.125. The third-order valence-electron chi connectivity index (χ3n) is 0.1000. The first kappa shape index (κ1) is 9.96. The van der Waals surface area contributed by atoms with Crippen molar-refractivity contribution in [2.75, 3.05) is 20.3 Å². The molecule has 4 nitrogen and oxygen atoms in total. The molecule has 0 radical (unpaired) electrons. The maximum absolute atomic E-state index is 7.62. The first-order valence-corrected chi connectivity index (χ1v) is 1.72. The fourth-order valence-corrected chi connectivity index (χ4v) is 0. The van der Waals surface area contributed by atoms with Crippen molar-refractivity contribution in [2.45, 2.75) is 0 Å². The molecule has 0 amide bonds. The lowest BCUT2D eigenvalue weighted by molar-refractivity contribution is -0.214. The van der Waals surface area contributed by atoms with Crippen LogP contribution in [0.15, 0.2) is 0 Å². The average Bonchev–Trinajstić information content (AvgIpc) is 1.69. The third-order valence-corrected chi connectivity index (χ3v) is 0.1000. The number of aliphatic hydroxyl groups is 2. The highest BCUT2D eigenvalue weighted by Crippen LogP contribution is 1.39. The first-order valence-electron chi connectivity index (χ1n) is 1.72. The van der Waals surface area contributed by atoms with E-state index < -0.39 is 0 Å². The van der Waals surface area contributed by atoms with E-state index in [1.807, 2.05) is 0 Å². The molecule has 0 saturated carbocycles. The zero-order valence-corrected chi connectivity index (χ0v) is 4.16. The molecule has 0 aromatic rings. The topological polar surface area (TPSA) is 69.9 Å². The summed E-state index contributed by atoms with van der Waals surface area (Å²) in [4.78, 5) is 3.25. The first-order chi connectivity index (χ1) is 3.33. The van der Waals surface area contributed by atoms with Gasteiger partial charge in [-0.25, -0.2) is 4.89 Å². The van der Waals surface area contributed by atoms with Gasteiger partial charge in [-0.1, -0.05) is 0 Å². The quantitative estimate of drug-likeness (QED) is 0.301. The summed E-state index contributed by atoms with van der Waals surface area (Å²) in [7, 11) is 1.18. The van der Waals surface area contributed by atoms with Crippen LogP contribution in [0.1, 0.15) is 0 Å².